The van der Waals surface area contributed by atoms with Crippen LogP contribution in [0.5, 0.6) is 11.6 Å². The molecule has 0 saturated carbocycles. The number of rotatable bonds is 5. The summed E-state index contributed by atoms with van der Waals surface area (Å²) in [4.78, 5) is 45.0. The average molecular weight is 452 g/mol. The van der Waals surface area contributed by atoms with Crippen LogP contribution in [-0.4, -0.2) is 24.7 Å². The topological polar surface area (TPSA) is 123 Å². The predicted octanol–water partition coefficient (Wildman–Crippen LogP) is 3.49. The fraction of sp³-hybridized carbons (Fsp3) is 0.316. The number of ether oxygens (including phenoxy) is 1. The Morgan fingerprint density at radius 2 is 1.67 bits per heavy atom. The Kier molecular flexibility index (Phi) is 6.14. The Labute approximate surface area is 180 Å². The number of hydrogen-bond acceptors (Lipinski definition) is 6. The molecular weight excluding hydrogens is 433 g/mol. The summed E-state index contributed by atoms with van der Waals surface area (Å²) in [7, 11) is 0. The summed E-state index contributed by atoms with van der Waals surface area (Å²) in [6, 6.07) is 2.64. The molecule has 1 aromatic carbocycles. The number of nitrogens with one attached hydrogen (secondary N) is 2. The molecule has 30 heavy (non-hydrogen) atoms. The van der Waals surface area contributed by atoms with Gasteiger partial charge in [0.2, 0.25) is 5.88 Å². The summed E-state index contributed by atoms with van der Waals surface area (Å²) in [6.45, 7) is 7.18. The average Bonchev–Trinajstić information content (AvgIpc) is 2.65. The van der Waals surface area contributed by atoms with Gasteiger partial charge in [0, 0.05) is 11.5 Å². The van der Waals surface area contributed by atoms with Crippen molar-refractivity contribution in [3.63, 3.8) is 0 Å². The number of halogens is 2. The van der Waals surface area contributed by atoms with Crippen LogP contribution in [0.3, 0.4) is 0 Å². The van der Waals surface area contributed by atoms with E-state index in [1.807, 2.05) is 13.8 Å². The molecule has 0 aliphatic rings. The molecule has 2 heterocycles. The molecule has 0 radical (unpaired) electrons. The van der Waals surface area contributed by atoms with Crippen LogP contribution in [0.1, 0.15) is 45.3 Å². The minimum Gasteiger partial charge on any atom is -0.434 e. The van der Waals surface area contributed by atoms with Crippen LogP contribution >= 0.6 is 23.2 Å². The normalized spacial score (nSPS) is 11.3. The van der Waals surface area contributed by atoms with Gasteiger partial charge >= 0.3 is 5.69 Å². The lowest BCUT2D eigenvalue weighted by Gasteiger charge is -2.13. The molecule has 3 aromatic rings. The number of benzene rings is 1. The van der Waals surface area contributed by atoms with E-state index in [4.69, 9.17) is 27.9 Å². The van der Waals surface area contributed by atoms with Gasteiger partial charge in [0.05, 0.1) is 22.3 Å². The van der Waals surface area contributed by atoms with Crippen LogP contribution in [0.2, 0.25) is 10.0 Å². The lowest BCUT2D eigenvalue weighted by molar-refractivity contribution is 0.455. The van der Waals surface area contributed by atoms with E-state index < -0.39 is 11.2 Å². The van der Waals surface area contributed by atoms with Gasteiger partial charge in [-0.05, 0) is 26.0 Å². The van der Waals surface area contributed by atoms with E-state index in [1.54, 1.807) is 13.8 Å². The van der Waals surface area contributed by atoms with Gasteiger partial charge in [-0.25, -0.2) is 14.5 Å². The molecule has 0 fully saturated rings. The van der Waals surface area contributed by atoms with Gasteiger partial charge in [-0.15, -0.1) is 0 Å². The van der Waals surface area contributed by atoms with Gasteiger partial charge in [0.1, 0.15) is 5.69 Å². The second-order valence-corrected chi connectivity index (χ2v) is 7.94. The summed E-state index contributed by atoms with van der Waals surface area (Å²) in [5.41, 5.74) is -0.978. The van der Waals surface area contributed by atoms with Crippen LogP contribution in [0.25, 0.3) is 11.3 Å². The van der Waals surface area contributed by atoms with E-state index in [1.165, 1.54) is 18.3 Å². The summed E-state index contributed by atoms with van der Waals surface area (Å²) in [6.07, 6.45) is 1.31. The fourth-order valence-corrected chi connectivity index (χ4v) is 3.26. The Morgan fingerprint density at radius 1 is 1.03 bits per heavy atom. The van der Waals surface area contributed by atoms with E-state index in [9.17, 15) is 14.4 Å². The SMILES string of the molecule is CC(C)c1nc(Oc2c(Cl)cc(-c3nn(C(C)C)c(=O)[nH]c3=O)cc2Cl)c[nH]c1=O. The standard InChI is InChI=1S/C19H19Cl2N5O4/c1-8(2)14-17(27)22-7-13(23-14)30-16-11(20)5-10(6-12(16)21)15-18(28)24-19(29)26(25-15)9(3)4/h5-9H,1-4H3,(H,22,27)(H,24,28,29). The number of aromatic nitrogens is 5. The van der Waals surface area contributed by atoms with Crippen LogP contribution in [0.4, 0.5) is 0 Å². The third kappa shape index (κ3) is 4.31. The highest BCUT2D eigenvalue weighted by atomic mass is 35.5. The van der Waals surface area contributed by atoms with Crippen LogP contribution in [-0.2, 0) is 0 Å². The largest absolute Gasteiger partial charge is 0.434 e. The van der Waals surface area contributed by atoms with Crippen molar-refractivity contribution in [3.8, 4) is 22.9 Å². The first-order valence-electron chi connectivity index (χ1n) is 9.08. The van der Waals surface area contributed by atoms with Crippen molar-refractivity contribution in [2.24, 2.45) is 0 Å². The first-order valence-corrected chi connectivity index (χ1v) is 9.84. The Hall–Kier alpha value is -2.91. The number of H-pyrrole nitrogens is 2. The molecule has 0 atom stereocenters. The summed E-state index contributed by atoms with van der Waals surface area (Å²) in [5.74, 6) is 0.101. The summed E-state index contributed by atoms with van der Waals surface area (Å²) >= 11 is 12.7. The third-order valence-corrected chi connectivity index (χ3v) is 4.72. The molecule has 2 N–H and O–H groups in total. The van der Waals surface area contributed by atoms with Crippen molar-refractivity contribution in [3.05, 3.63) is 65.3 Å². The number of nitrogens with zero attached hydrogens (tertiary/aromatic N) is 3. The fourth-order valence-electron chi connectivity index (χ4n) is 2.70. The molecule has 3 rings (SSSR count). The molecule has 0 saturated heterocycles. The molecule has 0 unspecified atom stereocenters. The molecule has 2 aromatic heterocycles. The number of hydrogen-bond donors (Lipinski definition) is 2. The van der Waals surface area contributed by atoms with E-state index in [0.717, 1.165) is 4.68 Å². The van der Waals surface area contributed by atoms with Crippen molar-refractivity contribution in [1.29, 1.82) is 0 Å². The predicted molar refractivity (Wildman–Crippen MR) is 114 cm³/mol. The first-order chi connectivity index (χ1) is 14.1. The molecule has 0 aliphatic carbocycles. The van der Waals surface area contributed by atoms with Gasteiger partial charge < -0.3 is 9.72 Å². The van der Waals surface area contributed by atoms with Gasteiger partial charge in [-0.3, -0.25) is 14.6 Å². The maximum absolute atomic E-state index is 12.3. The van der Waals surface area contributed by atoms with Crippen molar-refractivity contribution >= 4 is 23.2 Å². The lowest BCUT2D eigenvalue weighted by atomic mass is 10.1. The van der Waals surface area contributed by atoms with Crippen molar-refractivity contribution < 1.29 is 4.74 Å². The first kappa shape index (κ1) is 21.8. The monoisotopic (exact) mass is 451 g/mol. The quantitative estimate of drug-likeness (QED) is 0.611. The highest BCUT2D eigenvalue weighted by Crippen LogP contribution is 2.38. The maximum Gasteiger partial charge on any atom is 0.345 e. The van der Waals surface area contributed by atoms with E-state index in [0.29, 0.717) is 11.3 Å². The van der Waals surface area contributed by atoms with Crippen molar-refractivity contribution in [2.75, 3.05) is 0 Å². The smallest absolute Gasteiger partial charge is 0.345 e. The van der Waals surface area contributed by atoms with Gasteiger partial charge in [0.25, 0.3) is 11.1 Å². The van der Waals surface area contributed by atoms with E-state index in [-0.39, 0.29) is 44.9 Å². The van der Waals surface area contributed by atoms with Crippen LogP contribution < -0.4 is 21.5 Å². The molecule has 0 bridgehead atoms. The second kappa shape index (κ2) is 8.45. The van der Waals surface area contributed by atoms with Crippen LogP contribution in [0, 0.1) is 0 Å². The molecule has 0 amide bonds. The van der Waals surface area contributed by atoms with Crippen molar-refractivity contribution in [2.45, 2.75) is 39.7 Å². The Balaban J connectivity index is 2.05. The Bertz CT molecular complexity index is 1250. The zero-order chi connectivity index (χ0) is 22.2. The highest BCUT2D eigenvalue weighted by molar-refractivity contribution is 6.37. The minimum absolute atomic E-state index is 0.0112. The summed E-state index contributed by atoms with van der Waals surface area (Å²) in [5, 5.41) is 4.32. The van der Waals surface area contributed by atoms with Gasteiger partial charge in [-0.2, -0.15) is 5.10 Å². The molecule has 0 spiro atoms. The zero-order valence-corrected chi connectivity index (χ0v) is 18.1. The van der Waals surface area contributed by atoms with Crippen molar-refractivity contribution in [1.82, 2.24) is 24.7 Å². The highest BCUT2D eigenvalue weighted by Gasteiger charge is 2.18. The third-order valence-electron chi connectivity index (χ3n) is 4.16. The molecule has 158 valence electrons. The molecule has 11 heteroatoms. The molecule has 9 nitrogen and oxygen atoms in total. The van der Waals surface area contributed by atoms with E-state index in [2.05, 4.69) is 20.1 Å². The minimum atomic E-state index is -0.665. The molecule has 0 aliphatic heterocycles. The maximum atomic E-state index is 12.3. The zero-order valence-electron chi connectivity index (χ0n) is 16.6. The summed E-state index contributed by atoms with van der Waals surface area (Å²) < 4.78 is 6.83. The second-order valence-electron chi connectivity index (χ2n) is 7.13. The Morgan fingerprint density at radius 3 is 2.23 bits per heavy atom. The van der Waals surface area contributed by atoms with Gasteiger partial charge in [-0.1, -0.05) is 37.0 Å². The van der Waals surface area contributed by atoms with E-state index >= 15 is 0 Å². The van der Waals surface area contributed by atoms with Gasteiger partial charge in [0.15, 0.2) is 11.4 Å². The molecular formula is C19H19Cl2N5O4. The number of aromatic amines is 2. The van der Waals surface area contributed by atoms with Crippen LogP contribution in [0.15, 0.2) is 32.7 Å². The lowest BCUT2D eigenvalue weighted by Crippen LogP contribution is -2.34.